The first-order chi connectivity index (χ1) is 8.00. The largest absolute Gasteiger partial charge is 0.243 e. The maximum absolute atomic E-state index is 6.15. The zero-order valence-electron chi connectivity index (χ0n) is 8.15. The highest BCUT2D eigenvalue weighted by atomic mass is 127. The van der Waals surface area contributed by atoms with Crippen molar-refractivity contribution in [1.82, 2.24) is 4.98 Å². The fraction of sp³-hybridized carbons (Fsp3) is 0. The van der Waals surface area contributed by atoms with Crippen LogP contribution in [0.4, 0.5) is 0 Å². The molecule has 88 valence electrons. The number of nitrogens with zero attached hydrogens (tertiary/aromatic N) is 1. The summed E-state index contributed by atoms with van der Waals surface area (Å²) in [5, 5.41) is 1.65. The van der Waals surface area contributed by atoms with Crippen LogP contribution < -0.4 is 0 Å². The highest BCUT2D eigenvalue weighted by molar-refractivity contribution is 14.1. The van der Waals surface area contributed by atoms with Crippen molar-refractivity contribution in [3.63, 3.8) is 0 Å². The Morgan fingerprint density at radius 3 is 2.35 bits per heavy atom. The molecule has 0 spiro atoms. The molecule has 1 heterocycles. The van der Waals surface area contributed by atoms with Gasteiger partial charge in [-0.3, -0.25) is 0 Å². The van der Waals surface area contributed by atoms with Crippen LogP contribution in [0.5, 0.6) is 0 Å². The highest BCUT2D eigenvalue weighted by Crippen LogP contribution is 2.41. The number of halogens is 5. The molecule has 0 bridgehead atoms. The Morgan fingerprint density at radius 1 is 1.00 bits per heavy atom. The van der Waals surface area contributed by atoms with E-state index in [4.69, 9.17) is 46.4 Å². The van der Waals surface area contributed by atoms with Gasteiger partial charge in [-0.1, -0.05) is 46.4 Å². The molecule has 2 aromatic rings. The third kappa shape index (κ3) is 2.82. The predicted molar refractivity (Wildman–Crippen MR) is 82.4 cm³/mol. The van der Waals surface area contributed by atoms with Crippen LogP contribution in [0.2, 0.25) is 20.2 Å². The molecule has 0 saturated heterocycles. The van der Waals surface area contributed by atoms with Crippen molar-refractivity contribution in [1.29, 1.82) is 0 Å². The molecule has 1 aromatic carbocycles. The van der Waals surface area contributed by atoms with E-state index in [9.17, 15) is 0 Å². The summed E-state index contributed by atoms with van der Waals surface area (Å²) in [4.78, 5) is 4.06. The second-order valence-corrected chi connectivity index (χ2v) is 6.01. The van der Waals surface area contributed by atoms with Crippen LogP contribution in [-0.2, 0) is 0 Å². The zero-order valence-corrected chi connectivity index (χ0v) is 13.3. The molecule has 0 aliphatic heterocycles. The van der Waals surface area contributed by atoms with Crippen LogP contribution in [0.15, 0.2) is 24.4 Å². The van der Waals surface area contributed by atoms with Crippen molar-refractivity contribution >= 4 is 69.0 Å². The van der Waals surface area contributed by atoms with Gasteiger partial charge in [0, 0.05) is 20.9 Å². The summed E-state index contributed by atoms with van der Waals surface area (Å²) in [7, 11) is 0. The van der Waals surface area contributed by atoms with Gasteiger partial charge < -0.3 is 0 Å². The molecule has 2 rings (SSSR count). The number of pyridine rings is 1. The van der Waals surface area contributed by atoms with Crippen LogP contribution in [0.25, 0.3) is 11.1 Å². The molecular formula is C11H4Cl4IN. The van der Waals surface area contributed by atoms with Crippen molar-refractivity contribution in [2.24, 2.45) is 0 Å². The molecule has 0 amide bonds. The van der Waals surface area contributed by atoms with Crippen molar-refractivity contribution in [2.75, 3.05) is 0 Å². The third-order valence-electron chi connectivity index (χ3n) is 2.12. The van der Waals surface area contributed by atoms with E-state index in [1.54, 1.807) is 18.3 Å². The maximum Gasteiger partial charge on any atom is 0.137 e. The SMILES string of the molecule is Clc1ccc(Cl)c(-c2cc(I)cnc2Cl)c1Cl. The van der Waals surface area contributed by atoms with Crippen LogP contribution in [0.3, 0.4) is 0 Å². The molecule has 17 heavy (non-hydrogen) atoms. The van der Waals surface area contributed by atoms with Gasteiger partial charge in [0.15, 0.2) is 0 Å². The fourth-order valence-corrected chi connectivity index (χ4v) is 2.75. The lowest BCUT2D eigenvalue weighted by molar-refractivity contribution is 1.31. The molecule has 0 saturated carbocycles. The minimum Gasteiger partial charge on any atom is -0.243 e. The average Bonchev–Trinajstić information content (AvgIpc) is 2.29. The minimum absolute atomic E-state index is 0.344. The summed E-state index contributed by atoms with van der Waals surface area (Å²) >= 11 is 26.4. The normalized spacial score (nSPS) is 10.6. The van der Waals surface area contributed by atoms with Gasteiger partial charge in [0.05, 0.1) is 15.1 Å². The highest BCUT2D eigenvalue weighted by Gasteiger charge is 2.15. The number of hydrogen-bond acceptors (Lipinski definition) is 1. The van der Waals surface area contributed by atoms with E-state index in [0.29, 0.717) is 31.3 Å². The Balaban J connectivity index is 2.76. The molecule has 0 radical (unpaired) electrons. The lowest BCUT2D eigenvalue weighted by Crippen LogP contribution is -1.88. The summed E-state index contributed by atoms with van der Waals surface area (Å²) in [6, 6.07) is 5.19. The lowest BCUT2D eigenvalue weighted by Gasteiger charge is -2.10. The van der Waals surface area contributed by atoms with Gasteiger partial charge >= 0.3 is 0 Å². The lowest BCUT2D eigenvalue weighted by atomic mass is 10.1. The molecule has 6 heteroatoms. The Bertz CT molecular complexity index is 586. The topological polar surface area (TPSA) is 12.9 Å². The average molecular weight is 419 g/mol. The van der Waals surface area contributed by atoms with E-state index >= 15 is 0 Å². The first kappa shape index (κ1) is 13.7. The molecule has 0 fully saturated rings. The third-order valence-corrected chi connectivity index (χ3v) is 4.13. The van der Waals surface area contributed by atoms with Gasteiger partial charge in [-0.15, -0.1) is 0 Å². The van der Waals surface area contributed by atoms with E-state index in [1.807, 2.05) is 6.07 Å². The quantitative estimate of drug-likeness (QED) is 0.316. The van der Waals surface area contributed by atoms with E-state index in [2.05, 4.69) is 27.6 Å². The van der Waals surface area contributed by atoms with E-state index in [-0.39, 0.29) is 0 Å². The number of aromatic nitrogens is 1. The monoisotopic (exact) mass is 417 g/mol. The Kier molecular flexibility index (Phi) is 4.42. The summed E-state index contributed by atoms with van der Waals surface area (Å²) in [6.45, 7) is 0. The van der Waals surface area contributed by atoms with Gasteiger partial charge in [-0.25, -0.2) is 4.98 Å². The molecule has 1 aromatic heterocycles. The predicted octanol–water partition coefficient (Wildman–Crippen LogP) is 5.97. The first-order valence-corrected chi connectivity index (χ1v) is 7.04. The van der Waals surface area contributed by atoms with Gasteiger partial charge in [-0.2, -0.15) is 0 Å². The van der Waals surface area contributed by atoms with E-state index in [0.717, 1.165) is 3.57 Å². The Labute approximate surface area is 132 Å². The molecule has 0 atom stereocenters. The van der Waals surface area contributed by atoms with Crippen LogP contribution in [0, 0.1) is 3.57 Å². The molecule has 0 aliphatic rings. The van der Waals surface area contributed by atoms with Gasteiger partial charge in [0.25, 0.3) is 0 Å². The number of rotatable bonds is 1. The molecule has 1 nitrogen and oxygen atoms in total. The van der Waals surface area contributed by atoms with Crippen LogP contribution in [0.1, 0.15) is 0 Å². The second-order valence-electron chi connectivity index (χ2n) is 3.21. The van der Waals surface area contributed by atoms with E-state index in [1.165, 1.54) is 0 Å². The van der Waals surface area contributed by atoms with Crippen LogP contribution in [-0.4, -0.2) is 4.98 Å². The van der Waals surface area contributed by atoms with Gasteiger partial charge in [0.1, 0.15) is 5.15 Å². The maximum atomic E-state index is 6.15. The second kappa shape index (κ2) is 5.49. The van der Waals surface area contributed by atoms with Gasteiger partial charge in [0.2, 0.25) is 0 Å². The molecular weight excluding hydrogens is 415 g/mol. The van der Waals surface area contributed by atoms with Crippen LogP contribution >= 0.6 is 69.0 Å². The number of benzene rings is 1. The fourth-order valence-electron chi connectivity index (χ4n) is 1.37. The van der Waals surface area contributed by atoms with Crippen molar-refractivity contribution < 1.29 is 0 Å². The van der Waals surface area contributed by atoms with Gasteiger partial charge in [-0.05, 0) is 40.8 Å². The summed E-state index contributed by atoms with van der Waals surface area (Å²) < 4.78 is 0.939. The Hall–Kier alpha value is 0.260. The molecule has 0 N–H and O–H groups in total. The van der Waals surface area contributed by atoms with Crippen molar-refractivity contribution in [3.05, 3.63) is 48.2 Å². The zero-order chi connectivity index (χ0) is 12.6. The first-order valence-electron chi connectivity index (χ1n) is 4.45. The summed E-state index contributed by atoms with van der Waals surface area (Å²) in [5.41, 5.74) is 1.29. The standard InChI is InChI=1S/C11H4Cl4IN/c12-7-1-2-8(13)10(14)9(7)6-3-5(16)4-17-11(6)15/h1-4H. The molecule has 0 unspecified atom stereocenters. The van der Waals surface area contributed by atoms with E-state index < -0.39 is 0 Å². The van der Waals surface area contributed by atoms with Crippen molar-refractivity contribution in [3.8, 4) is 11.1 Å². The molecule has 0 aliphatic carbocycles. The minimum atomic E-state index is 0.344. The van der Waals surface area contributed by atoms with Crippen molar-refractivity contribution in [2.45, 2.75) is 0 Å². The summed E-state index contributed by atoms with van der Waals surface area (Å²) in [6.07, 6.45) is 1.67. The summed E-state index contributed by atoms with van der Waals surface area (Å²) in [5.74, 6) is 0. The smallest absolute Gasteiger partial charge is 0.137 e. The number of hydrogen-bond donors (Lipinski definition) is 0. The Morgan fingerprint density at radius 2 is 1.65 bits per heavy atom.